The van der Waals surface area contributed by atoms with Gasteiger partial charge in [0.1, 0.15) is 24.7 Å². The summed E-state index contributed by atoms with van der Waals surface area (Å²) < 4.78 is 18.8. The molecule has 1 heterocycles. The minimum absolute atomic E-state index is 0.107. The van der Waals surface area contributed by atoms with Gasteiger partial charge >= 0.3 is 0 Å². The van der Waals surface area contributed by atoms with Crippen LogP contribution in [0.3, 0.4) is 0 Å². The van der Waals surface area contributed by atoms with Gasteiger partial charge in [-0.15, -0.1) is 0 Å². The van der Waals surface area contributed by atoms with E-state index in [-0.39, 0.29) is 24.9 Å². The molecule has 2 aromatic carbocycles. The normalized spacial score (nSPS) is 13.4. The predicted octanol–water partition coefficient (Wildman–Crippen LogP) is 2.93. The van der Waals surface area contributed by atoms with Crippen LogP contribution in [-0.4, -0.2) is 23.9 Å². The van der Waals surface area contributed by atoms with E-state index in [1.165, 1.54) is 17.0 Å². The molecule has 0 atom stereocenters. The highest BCUT2D eigenvalue weighted by Crippen LogP contribution is 2.24. The number of nitrogens with zero attached hydrogens (tertiary/aromatic N) is 2. The molecule has 0 bridgehead atoms. The predicted molar refractivity (Wildman–Crippen MR) is 82.4 cm³/mol. The fraction of sp³-hybridized carbons (Fsp3) is 0.222. The standard InChI is InChI=1S/C18H15FN2O2/c19-15-3-1-2-13(10-15)12-23-16-4-5-17-14(11-16)6-8-21(9-7-20)18(17)22/h1-5,10-11H,6,8-9,12H2. The molecule has 4 nitrogen and oxygen atoms in total. The molecule has 0 unspecified atom stereocenters. The first-order chi connectivity index (χ1) is 11.2. The van der Waals surface area contributed by atoms with Crippen molar-refractivity contribution in [1.29, 1.82) is 5.26 Å². The van der Waals surface area contributed by atoms with Crippen molar-refractivity contribution in [2.75, 3.05) is 13.1 Å². The summed E-state index contributed by atoms with van der Waals surface area (Å²) in [6.45, 7) is 0.911. The summed E-state index contributed by atoms with van der Waals surface area (Å²) in [6.07, 6.45) is 0.694. The van der Waals surface area contributed by atoms with E-state index in [9.17, 15) is 9.18 Å². The second-order valence-corrected chi connectivity index (χ2v) is 5.37. The molecule has 23 heavy (non-hydrogen) atoms. The van der Waals surface area contributed by atoms with Crippen LogP contribution in [0.5, 0.6) is 5.75 Å². The van der Waals surface area contributed by atoms with Gasteiger partial charge in [0.15, 0.2) is 0 Å². The van der Waals surface area contributed by atoms with E-state index in [0.717, 1.165) is 11.1 Å². The lowest BCUT2D eigenvalue weighted by Gasteiger charge is -2.26. The summed E-state index contributed by atoms with van der Waals surface area (Å²) in [5.74, 6) is 0.235. The second kappa shape index (κ2) is 6.49. The molecule has 0 fully saturated rings. The van der Waals surface area contributed by atoms with Crippen molar-refractivity contribution in [3.63, 3.8) is 0 Å². The van der Waals surface area contributed by atoms with E-state index >= 15 is 0 Å². The number of carbonyl (C=O) groups is 1. The van der Waals surface area contributed by atoms with Gasteiger partial charge in [0.2, 0.25) is 0 Å². The summed E-state index contributed by atoms with van der Waals surface area (Å²) in [7, 11) is 0. The van der Waals surface area contributed by atoms with Crippen LogP contribution in [0.4, 0.5) is 4.39 Å². The Labute approximate surface area is 133 Å². The van der Waals surface area contributed by atoms with Gasteiger partial charge in [-0.3, -0.25) is 4.79 Å². The molecule has 1 aliphatic heterocycles. The van der Waals surface area contributed by atoms with Crippen LogP contribution < -0.4 is 4.74 Å². The van der Waals surface area contributed by atoms with Crippen molar-refractivity contribution in [3.05, 3.63) is 65.0 Å². The second-order valence-electron chi connectivity index (χ2n) is 5.37. The van der Waals surface area contributed by atoms with Crippen molar-refractivity contribution in [1.82, 2.24) is 4.90 Å². The number of ether oxygens (including phenoxy) is 1. The Morgan fingerprint density at radius 3 is 2.91 bits per heavy atom. The number of hydrogen-bond acceptors (Lipinski definition) is 3. The topological polar surface area (TPSA) is 53.3 Å². The van der Waals surface area contributed by atoms with Gasteiger partial charge in [-0.05, 0) is 47.9 Å². The number of fused-ring (bicyclic) bond motifs is 1. The first-order valence-electron chi connectivity index (χ1n) is 7.34. The molecule has 0 spiro atoms. The lowest BCUT2D eigenvalue weighted by atomic mass is 9.99. The van der Waals surface area contributed by atoms with Crippen LogP contribution in [0.15, 0.2) is 42.5 Å². The summed E-state index contributed by atoms with van der Waals surface area (Å²) in [6, 6.07) is 13.6. The molecule has 5 heteroatoms. The first-order valence-corrected chi connectivity index (χ1v) is 7.34. The molecule has 1 amide bonds. The first kappa shape index (κ1) is 15.0. The Kier molecular flexibility index (Phi) is 4.24. The van der Waals surface area contributed by atoms with Crippen LogP contribution in [0.2, 0.25) is 0 Å². The van der Waals surface area contributed by atoms with Crippen molar-refractivity contribution in [2.24, 2.45) is 0 Å². The van der Waals surface area contributed by atoms with E-state index in [1.807, 2.05) is 12.1 Å². The maximum absolute atomic E-state index is 13.1. The Balaban J connectivity index is 1.72. The molecule has 0 saturated carbocycles. The van der Waals surface area contributed by atoms with Gasteiger partial charge in [-0.1, -0.05) is 12.1 Å². The average Bonchev–Trinajstić information content (AvgIpc) is 2.56. The Hall–Kier alpha value is -2.87. The third-order valence-corrected chi connectivity index (χ3v) is 3.80. The number of benzene rings is 2. The quantitative estimate of drug-likeness (QED) is 0.816. The van der Waals surface area contributed by atoms with E-state index < -0.39 is 0 Å². The van der Waals surface area contributed by atoms with E-state index in [4.69, 9.17) is 10.00 Å². The largest absolute Gasteiger partial charge is 0.489 e. The Morgan fingerprint density at radius 2 is 2.13 bits per heavy atom. The van der Waals surface area contributed by atoms with Crippen LogP contribution in [0, 0.1) is 17.1 Å². The highest BCUT2D eigenvalue weighted by atomic mass is 19.1. The maximum atomic E-state index is 13.1. The Bertz CT molecular complexity index is 783. The van der Waals surface area contributed by atoms with Crippen molar-refractivity contribution >= 4 is 5.91 Å². The van der Waals surface area contributed by atoms with Gasteiger partial charge in [0, 0.05) is 12.1 Å². The smallest absolute Gasteiger partial charge is 0.255 e. The molecule has 0 N–H and O–H groups in total. The summed E-state index contributed by atoms with van der Waals surface area (Å²) >= 11 is 0. The van der Waals surface area contributed by atoms with E-state index in [2.05, 4.69) is 0 Å². The number of amides is 1. The van der Waals surface area contributed by atoms with Gasteiger partial charge in [-0.2, -0.15) is 5.26 Å². The van der Waals surface area contributed by atoms with Gasteiger partial charge < -0.3 is 9.64 Å². The van der Waals surface area contributed by atoms with Gasteiger partial charge in [0.05, 0.1) is 6.07 Å². The fourth-order valence-corrected chi connectivity index (χ4v) is 2.63. The zero-order valence-electron chi connectivity index (χ0n) is 12.5. The lowest BCUT2D eigenvalue weighted by molar-refractivity contribution is 0.0761. The highest BCUT2D eigenvalue weighted by Gasteiger charge is 2.24. The minimum Gasteiger partial charge on any atom is -0.489 e. The van der Waals surface area contributed by atoms with Crippen molar-refractivity contribution < 1.29 is 13.9 Å². The molecule has 116 valence electrons. The number of halogens is 1. The molecule has 2 aromatic rings. The molecule has 0 saturated heterocycles. The summed E-state index contributed by atoms with van der Waals surface area (Å²) in [4.78, 5) is 13.8. The maximum Gasteiger partial charge on any atom is 0.255 e. The summed E-state index contributed by atoms with van der Waals surface area (Å²) in [5.41, 5.74) is 2.28. The lowest BCUT2D eigenvalue weighted by Crippen LogP contribution is -2.37. The van der Waals surface area contributed by atoms with Crippen LogP contribution >= 0.6 is 0 Å². The number of hydrogen-bond donors (Lipinski definition) is 0. The third kappa shape index (κ3) is 3.32. The van der Waals surface area contributed by atoms with Crippen molar-refractivity contribution in [2.45, 2.75) is 13.0 Å². The van der Waals surface area contributed by atoms with Crippen LogP contribution in [0.1, 0.15) is 21.5 Å². The highest BCUT2D eigenvalue weighted by molar-refractivity contribution is 5.97. The monoisotopic (exact) mass is 310 g/mol. The van der Waals surface area contributed by atoms with Gasteiger partial charge in [0.25, 0.3) is 5.91 Å². The number of rotatable bonds is 4. The van der Waals surface area contributed by atoms with E-state index in [0.29, 0.717) is 24.3 Å². The molecular formula is C18H15FN2O2. The third-order valence-electron chi connectivity index (χ3n) is 3.80. The molecule has 3 rings (SSSR count). The molecule has 0 aliphatic carbocycles. The van der Waals surface area contributed by atoms with E-state index in [1.54, 1.807) is 24.3 Å². The number of nitriles is 1. The zero-order valence-corrected chi connectivity index (χ0v) is 12.5. The Morgan fingerprint density at radius 1 is 1.26 bits per heavy atom. The average molecular weight is 310 g/mol. The van der Waals surface area contributed by atoms with Crippen LogP contribution in [-0.2, 0) is 13.0 Å². The molecule has 0 radical (unpaired) electrons. The van der Waals surface area contributed by atoms with Crippen molar-refractivity contribution in [3.8, 4) is 11.8 Å². The van der Waals surface area contributed by atoms with Crippen LogP contribution in [0.25, 0.3) is 0 Å². The fourth-order valence-electron chi connectivity index (χ4n) is 2.63. The van der Waals surface area contributed by atoms with Gasteiger partial charge in [-0.25, -0.2) is 4.39 Å². The summed E-state index contributed by atoms with van der Waals surface area (Å²) in [5, 5.41) is 8.74. The minimum atomic E-state index is -0.292. The molecule has 0 aromatic heterocycles. The molecular weight excluding hydrogens is 295 g/mol. The zero-order chi connectivity index (χ0) is 16.2. The number of carbonyl (C=O) groups excluding carboxylic acids is 1. The molecule has 1 aliphatic rings. The SMILES string of the molecule is N#CCN1CCc2cc(OCc3cccc(F)c3)ccc2C1=O.